The molecule has 1 rings (SSSR count). The van der Waals surface area contributed by atoms with Crippen LogP contribution in [0.1, 0.15) is 29.3 Å². The van der Waals surface area contributed by atoms with E-state index in [-0.39, 0.29) is 11.7 Å². The first-order valence-electron chi connectivity index (χ1n) is 5.44. The fraction of sp³-hybridized carbons (Fsp3) is 0.462. The Morgan fingerprint density at radius 1 is 1.47 bits per heavy atom. The summed E-state index contributed by atoms with van der Waals surface area (Å²) in [5.74, 6) is 0.340. The van der Waals surface area contributed by atoms with Gasteiger partial charge in [-0.05, 0) is 26.5 Å². The molecular formula is C13H19NO. The average molecular weight is 205 g/mol. The highest BCUT2D eigenvalue weighted by molar-refractivity contribution is 5.98. The Labute approximate surface area is 91.7 Å². The van der Waals surface area contributed by atoms with Gasteiger partial charge in [0, 0.05) is 18.0 Å². The second-order valence-corrected chi connectivity index (χ2v) is 3.90. The number of rotatable bonds is 5. The van der Waals surface area contributed by atoms with Gasteiger partial charge < -0.3 is 5.32 Å². The monoisotopic (exact) mass is 205 g/mol. The number of carbonyl (C=O) groups excluding carboxylic acids is 1. The fourth-order valence-electron chi connectivity index (χ4n) is 1.70. The number of carbonyl (C=O) groups is 1. The van der Waals surface area contributed by atoms with Crippen molar-refractivity contribution in [2.45, 2.75) is 20.3 Å². The summed E-state index contributed by atoms with van der Waals surface area (Å²) in [4.78, 5) is 12.1. The van der Waals surface area contributed by atoms with Gasteiger partial charge in [0.25, 0.3) is 0 Å². The first-order valence-corrected chi connectivity index (χ1v) is 5.44. The zero-order chi connectivity index (χ0) is 11.3. The molecule has 2 nitrogen and oxygen atoms in total. The van der Waals surface area contributed by atoms with Crippen LogP contribution in [0.25, 0.3) is 0 Å². The van der Waals surface area contributed by atoms with Crippen LogP contribution in [0.5, 0.6) is 0 Å². The van der Waals surface area contributed by atoms with Crippen LogP contribution in [0.3, 0.4) is 0 Å². The van der Waals surface area contributed by atoms with Gasteiger partial charge in [0.2, 0.25) is 0 Å². The Balaban J connectivity index is 2.82. The van der Waals surface area contributed by atoms with Crippen molar-refractivity contribution < 1.29 is 4.79 Å². The third-order valence-electron chi connectivity index (χ3n) is 2.62. The van der Waals surface area contributed by atoms with Gasteiger partial charge in [0.15, 0.2) is 5.78 Å². The number of aryl methyl sites for hydroxylation is 1. The van der Waals surface area contributed by atoms with Gasteiger partial charge in [0.1, 0.15) is 0 Å². The lowest BCUT2D eigenvalue weighted by Gasteiger charge is -2.13. The van der Waals surface area contributed by atoms with E-state index >= 15 is 0 Å². The van der Waals surface area contributed by atoms with Crippen LogP contribution in [-0.4, -0.2) is 19.4 Å². The van der Waals surface area contributed by atoms with E-state index in [1.54, 1.807) is 0 Å². The fourth-order valence-corrected chi connectivity index (χ4v) is 1.70. The van der Waals surface area contributed by atoms with Crippen molar-refractivity contribution in [3.63, 3.8) is 0 Å². The molecule has 1 aromatic rings. The van der Waals surface area contributed by atoms with Crippen molar-refractivity contribution in [2.24, 2.45) is 5.92 Å². The molecule has 2 heteroatoms. The van der Waals surface area contributed by atoms with Crippen LogP contribution >= 0.6 is 0 Å². The van der Waals surface area contributed by atoms with E-state index in [9.17, 15) is 4.79 Å². The molecule has 1 aromatic carbocycles. The van der Waals surface area contributed by atoms with Crippen LogP contribution in [-0.2, 0) is 0 Å². The maximum atomic E-state index is 12.1. The number of nitrogens with one attached hydrogen (secondary N) is 1. The number of Topliss-reactive ketones (excluding diaryl/α,β-unsaturated/α-hetero) is 1. The summed E-state index contributed by atoms with van der Waals surface area (Å²) in [5.41, 5.74) is 1.97. The maximum absolute atomic E-state index is 12.1. The Morgan fingerprint density at radius 2 is 2.20 bits per heavy atom. The maximum Gasteiger partial charge on any atom is 0.167 e. The molecule has 0 bridgehead atoms. The second-order valence-electron chi connectivity index (χ2n) is 3.90. The Hall–Kier alpha value is -1.15. The lowest BCUT2D eigenvalue weighted by Crippen LogP contribution is -2.25. The molecule has 1 atom stereocenters. The minimum absolute atomic E-state index is 0.0943. The first-order chi connectivity index (χ1) is 7.19. The van der Waals surface area contributed by atoms with Gasteiger partial charge >= 0.3 is 0 Å². The molecule has 0 radical (unpaired) electrons. The van der Waals surface area contributed by atoms with Gasteiger partial charge in [-0.15, -0.1) is 0 Å². The molecule has 0 heterocycles. The largest absolute Gasteiger partial charge is 0.319 e. The van der Waals surface area contributed by atoms with E-state index in [1.807, 2.05) is 38.2 Å². The summed E-state index contributed by atoms with van der Waals surface area (Å²) in [6.07, 6.45) is 0.883. The predicted octanol–water partition coefficient (Wildman–Crippen LogP) is 2.42. The summed E-state index contributed by atoms with van der Waals surface area (Å²) in [7, 11) is 1.88. The molecule has 15 heavy (non-hydrogen) atoms. The molecule has 0 aliphatic carbocycles. The SMILES string of the molecule is CCC(CNC)C(=O)c1cccc(C)c1. The van der Waals surface area contributed by atoms with Crippen molar-refractivity contribution in [1.29, 1.82) is 0 Å². The van der Waals surface area contributed by atoms with E-state index in [0.717, 1.165) is 24.1 Å². The number of benzene rings is 1. The number of hydrogen-bond acceptors (Lipinski definition) is 2. The lowest BCUT2D eigenvalue weighted by atomic mass is 9.94. The zero-order valence-electron chi connectivity index (χ0n) is 9.71. The van der Waals surface area contributed by atoms with Gasteiger partial charge in [-0.3, -0.25) is 4.79 Å². The molecule has 0 aromatic heterocycles. The van der Waals surface area contributed by atoms with E-state index in [0.29, 0.717) is 0 Å². The molecule has 0 aliphatic rings. The average Bonchev–Trinajstić information content (AvgIpc) is 2.25. The van der Waals surface area contributed by atoms with E-state index in [4.69, 9.17) is 0 Å². The van der Waals surface area contributed by atoms with Crippen molar-refractivity contribution in [3.05, 3.63) is 35.4 Å². The van der Waals surface area contributed by atoms with E-state index < -0.39 is 0 Å². The van der Waals surface area contributed by atoms with Crippen LogP contribution < -0.4 is 5.32 Å². The van der Waals surface area contributed by atoms with Gasteiger partial charge in [0.05, 0.1) is 0 Å². The van der Waals surface area contributed by atoms with Gasteiger partial charge in [-0.25, -0.2) is 0 Å². The second kappa shape index (κ2) is 5.66. The lowest BCUT2D eigenvalue weighted by molar-refractivity contribution is 0.0916. The number of ketones is 1. The van der Waals surface area contributed by atoms with Crippen LogP contribution in [0.15, 0.2) is 24.3 Å². The minimum atomic E-state index is 0.0943. The van der Waals surface area contributed by atoms with Crippen molar-refractivity contribution in [1.82, 2.24) is 5.32 Å². The first kappa shape index (κ1) is 11.9. The molecule has 0 spiro atoms. The van der Waals surface area contributed by atoms with Crippen LogP contribution in [0.2, 0.25) is 0 Å². The third kappa shape index (κ3) is 3.17. The minimum Gasteiger partial charge on any atom is -0.319 e. The number of hydrogen-bond donors (Lipinski definition) is 1. The van der Waals surface area contributed by atoms with Crippen molar-refractivity contribution in [2.75, 3.05) is 13.6 Å². The summed E-state index contributed by atoms with van der Waals surface area (Å²) in [6, 6.07) is 7.80. The van der Waals surface area contributed by atoms with Crippen molar-refractivity contribution in [3.8, 4) is 0 Å². The molecule has 0 aliphatic heterocycles. The quantitative estimate of drug-likeness (QED) is 0.748. The normalized spacial score (nSPS) is 12.5. The Bertz CT molecular complexity index is 333. The highest BCUT2D eigenvalue weighted by Crippen LogP contribution is 2.13. The summed E-state index contributed by atoms with van der Waals surface area (Å²) >= 11 is 0. The summed E-state index contributed by atoms with van der Waals surface area (Å²) < 4.78 is 0. The van der Waals surface area contributed by atoms with Crippen LogP contribution in [0, 0.1) is 12.8 Å². The molecule has 0 amide bonds. The molecule has 0 fully saturated rings. The third-order valence-corrected chi connectivity index (χ3v) is 2.62. The molecule has 82 valence electrons. The van der Waals surface area contributed by atoms with E-state index in [1.165, 1.54) is 0 Å². The zero-order valence-corrected chi connectivity index (χ0v) is 9.71. The Morgan fingerprint density at radius 3 is 2.73 bits per heavy atom. The summed E-state index contributed by atoms with van der Waals surface area (Å²) in [5, 5.41) is 3.06. The molecular weight excluding hydrogens is 186 g/mol. The van der Waals surface area contributed by atoms with Gasteiger partial charge in [-0.2, -0.15) is 0 Å². The predicted molar refractivity (Wildman–Crippen MR) is 63.2 cm³/mol. The van der Waals surface area contributed by atoms with Crippen LogP contribution in [0.4, 0.5) is 0 Å². The molecule has 1 N–H and O–H groups in total. The smallest absolute Gasteiger partial charge is 0.167 e. The van der Waals surface area contributed by atoms with Crippen molar-refractivity contribution >= 4 is 5.78 Å². The van der Waals surface area contributed by atoms with E-state index in [2.05, 4.69) is 12.2 Å². The molecule has 0 saturated carbocycles. The highest BCUT2D eigenvalue weighted by atomic mass is 16.1. The molecule has 1 unspecified atom stereocenters. The summed E-state index contributed by atoms with van der Waals surface area (Å²) in [6.45, 7) is 4.81. The highest BCUT2D eigenvalue weighted by Gasteiger charge is 2.16. The topological polar surface area (TPSA) is 29.1 Å². The Kier molecular flexibility index (Phi) is 4.50. The van der Waals surface area contributed by atoms with Gasteiger partial charge in [-0.1, -0.05) is 30.7 Å². The molecule has 0 saturated heterocycles. The standard InChI is InChI=1S/C13H19NO/c1-4-11(9-14-3)13(15)12-7-5-6-10(2)8-12/h5-8,11,14H,4,9H2,1-3H3.